The fourth-order valence-electron chi connectivity index (χ4n) is 3.97. The van der Waals surface area contributed by atoms with Gasteiger partial charge in [-0.15, -0.1) is 0 Å². The maximum atomic E-state index is 4.82. The molecule has 1 aliphatic carbocycles. The standard InChI is InChI=1S/C20H31N3/c1-16(2)14-19-15-21-20(22-18-10-4-3-5-11-18)23(19)13-12-17-8-6-7-9-17/h3-5,10-11,16-17,19H,6-9,12-15H2,1-2H3,(H,21,22)/t19-/m0/s1. The van der Waals surface area contributed by atoms with Crippen molar-refractivity contribution in [2.75, 3.05) is 18.4 Å². The molecule has 1 saturated carbocycles. The van der Waals surface area contributed by atoms with Crippen molar-refractivity contribution < 1.29 is 0 Å². The Kier molecular flexibility index (Phi) is 5.58. The summed E-state index contributed by atoms with van der Waals surface area (Å²) in [6.45, 7) is 6.73. The van der Waals surface area contributed by atoms with Gasteiger partial charge in [-0.2, -0.15) is 0 Å². The zero-order chi connectivity index (χ0) is 16.1. The Morgan fingerprint density at radius 2 is 1.91 bits per heavy atom. The van der Waals surface area contributed by atoms with E-state index in [0.29, 0.717) is 6.04 Å². The number of anilines is 1. The highest BCUT2D eigenvalue weighted by Crippen LogP contribution is 2.29. The third kappa shape index (κ3) is 4.49. The lowest BCUT2D eigenvalue weighted by atomic mass is 10.0. The summed E-state index contributed by atoms with van der Waals surface area (Å²) < 4.78 is 0. The molecule has 1 atom stereocenters. The number of nitrogens with one attached hydrogen (secondary N) is 1. The summed E-state index contributed by atoms with van der Waals surface area (Å²) in [5, 5.41) is 3.55. The molecule has 1 heterocycles. The molecule has 1 aromatic carbocycles. The lowest BCUT2D eigenvalue weighted by molar-refractivity contribution is 0.277. The van der Waals surface area contributed by atoms with Gasteiger partial charge in [-0.05, 0) is 36.8 Å². The SMILES string of the molecule is CC(C)C[C@H]1CN=C(Nc2ccccc2)N1CCC1CCCC1. The first-order valence-corrected chi connectivity index (χ1v) is 9.35. The van der Waals surface area contributed by atoms with Crippen molar-refractivity contribution in [1.29, 1.82) is 0 Å². The molecular formula is C20H31N3. The van der Waals surface area contributed by atoms with Crippen LogP contribution in [0.2, 0.25) is 0 Å². The Bertz CT molecular complexity index is 503. The summed E-state index contributed by atoms with van der Waals surface area (Å²) >= 11 is 0. The number of para-hydroxylation sites is 1. The Balaban J connectivity index is 1.63. The topological polar surface area (TPSA) is 27.6 Å². The molecule has 1 aliphatic heterocycles. The van der Waals surface area contributed by atoms with Gasteiger partial charge in [0.15, 0.2) is 5.96 Å². The minimum Gasteiger partial charge on any atom is -0.338 e. The Morgan fingerprint density at radius 3 is 2.61 bits per heavy atom. The second-order valence-electron chi connectivity index (χ2n) is 7.57. The lowest BCUT2D eigenvalue weighted by Gasteiger charge is -2.30. The largest absolute Gasteiger partial charge is 0.338 e. The molecule has 126 valence electrons. The van der Waals surface area contributed by atoms with E-state index in [1.807, 2.05) is 0 Å². The van der Waals surface area contributed by atoms with Crippen molar-refractivity contribution in [3.8, 4) is 0 Å². The number of nitrogens with zero attached hydrogens (tertiary/aromatic N) is 2. The molecule has 23 heavy (non-hydrogen) atoms. The summed E-state index contributed by atoms with van der Waals surface area (Å²) in [5.41, 5.74) is 1.14. The predicted octanol–water partition coefficient (Wildman–Crippen LogP) is 4.77. The zero-order valence-electron chi connectivity index (χ0n) is 14.7. The molecule has 3 nitrogen and oxygen atoms in total. The molecular weight excluding hydrogens is 282 g/mol. The van der Waals surface area contributed by atoms with E-state index < -0.39 is 0 Å². The Hall–Kier alpha value is -1.51. The van der Waals surface area contributed by atoms with Gasteiger partial charge in [0.2, 0.25) is 0 Å². The molecule has 1 fully saturated rings. The van der Waals surface area contributed by atoms with Crippen LogP contribution in [-0.4, -0.2) is 30.0 Å². The van der Waals surface area contributed by atoms with Crippen LogP contribution in [0.1, 0.15) is 52.4 Å². The molecule has 1 aromatic rings. The highest BCUT2D eigenvalue weighted by atomic mass is 15.4. The molecule has 0 unspecified atom stereocenters. The molecule has 0 spiro atoms. The van der Waals surface area contributed by atoms with E-state index in [2.05, 4.69) is 54.4 Å². The summed E-state index contributed by atoms with van der Waals surface area (Å²) in [4.78, 5) is 7.37. The van der Waals surface area contributed by atoms with Gasteiger partial charge < -0.3 is 10.2 Å². The van der Waals surface area contributed by atoms with Crippen molar-refractivity contribution in [1.82, 2.24) is 4.90 Å². The van der Waals surface area contributed by atoms with Crippen molar-refractivity contribution >= 4 is 11.6 Å². The second kappa shape index (κ2) is 7.85. The molecule has 0 amide bonds. The van der Waals surface area contributed by atoms with Gasteiger partial charge in [0, 0.05) is 12.2 Å². The summed E-state index contributed by atoms with van der Waals surface area (Å²) in [5.74, 6) is 2.74. The van der Waals surface area contributed by atoms with Gasteiger partial charge in [-0.25, -0.2) is 0 Å². The van der Waals surface area contributed by atoms with Crippen LogP contribution < -0.4 is 5.32 Å². The zero-order valence-corrected chi connectivity index (χ0v) is 14.7. The first-order chi connectivity index (χ1) is 11.2. The van der Waals surface area contributed by atoms with Crippen molar-refractivity contribution in [3.63, 3.8) is 0 Å². The van der Waals surface area contributed by atoms with Gasteiger partial charge in [0.25, 0.3) is 0 Å². The van der Waals surface area contributed by atoms with Crippen LogP contribution in [0.25, 0.3) is 0 Å². The normalized spacial score (nSPS) is 22.0. The Labute approximate surface area is 141 Å². The van der Waals surface area contributed by atoms with E-state index in [0.717, 1.165) is 36.6 Å². The van der Waals surface area contributed by atoms with Crippen LogP contribution in [-0.2, 0) is 0 Å². The molecule has 3 rings (SSSR count). The average molecular weight is 313 g/mol. The van der Waals surface area contributed by atoms with E-state index in [9.17, 15) is 0 Å². The van der Waals surface area contributed by atoms with Crippen molar-refractivity contribution in [3.05, 3.63) is 30.3 Å². The van der Waals surface area contributed by atoms with Gasteiger partial charge in [-0.1, -0.05) is 57.7 Å². The molecule has 0 saturated heterocycles. The maximum Gasteiger partial charge on any atom is 0.198 e. The first-order valence-electron chi connectivity index (χ1n) is 9.35. The number of rotatable bonds is 6. The molecule has 0 radical (unpaired) electrons. The van der Waals surface area contributed by atoms with Gasteiger partial charge in [0.05, 0.1) is 12.6 Å². The number of benzene rings is 1. The smallest absolute Gasteiger partial charge is 0.198 e. The fraction of sp³-hybridized carbons (Fsp3) is 0.650. The number of hydrogen-bond donors (Lipinski definition) is 1. The van der Waals surface area contributed by atoms with Crippen molar-refractivity contribution in [2.24, 2.45) is 16.8 Å². The van der Waals surface area contributed by atoms with Crippen LogP contribution in [0.4, 0.5) is 5.69 Å². The summed E-state index contributed by atoms with van der Waals surface area (Å²) in [6.07, 6.45) is 8.29. The number of aliphatic imine (C=N–C) groups is 1. The van der Waals surface area contributed by atoms with E-state index in [-0.39, 0.29) is 0 Å². The third-order valence-corrected chi connectivity index (χ3v) is 5.19. The summed E-state index contributed by atoms with van der Waals surface area (Å²) in [7, 11) is 0. The second-order valence-corrected chi connectivity index (χ2v) is 7.57. The van der Waals surface area contributed by atoms with E-state index in [4.69, 9.17) is 4.99 Å². The lowest BCUT2D eigenvalue weighted by Crippen LogP contribution is -2.41. The monoisotopic (exact) mass is 313 g/mol. The van der Waals surface area contributed by atoms with Crippen molar-refractivity contribution in [2.45, 2.75) is 58.4 Å². The van der Waals surface area contributed by atoms with Gasteiger partial charge >= 0.3 is 0 Å². The molecule has 0 aromatic heterocycles. The molecule has 1 N–H and O–H groups in total. The Morgan fingerprint density at radius 1 is 1.17 bits per heavy atom. The van der Waals surface area contributed by atoms with E-state index >= 15 is 0 Å². The number of guanidine groups is 1. The van der Waals surface area contributed by atoms with Gasteiger partial charge in [0.1, 0.15) is 0 Å². The van der Waals surface area contributed by atoms with Crippen LogP contribution in [0, 0.1) is 11.8 Å². The quantitative estimate of drug-likeness (QED) is 0.819. The fourth-order valence-corrected chi connectivity index (χ4v) is 3.97. The van der Waals surface area contributed by atoms with E-state index in [1.165, 1.54) is 38.5 Å². The summed E-state index contributed by atoms with van der Waals surface area (Å²) in [6, 6.07) is 11.0. The minimum atomic E-state index is 0.572. The third-order valence-electron chi connectivity index (χ3n) is 5.19. The van der Waals surface area contributed by atoms with Crippen LogP contribution in [0.3, 0.4) is 0 Å². The first kappa shape index (κ1) is 16.4. The predicted molar refractivity (Wildman–Crippen MR) is 98.9 cm³/mol. The molecule has 2 aliphatic rings. The molecule has 3 heteroatoms. The van der Waals surface area contributed by atoms with E-state index in [1.54, 1.807) is 0 Å². The highest BCUT2D eigenvalue weighted by molar-refractivity contribution is 5.95. The average Bonchev–Trinajstić information content (AvgIpc) is 3.17. The number of hydrogen-bond acceptors (Lipinski definition) is 3. The maximum absolute atomic E-state index is 4.82. The molecule has 0 bridgehead atoms. The highest BCUT2D eigenvalue weighted by Gasteiger charge is 2.29. The van der Waals surface area contributed by atoms with Crippen LogP contribution >= 0.6 is 0 Å². The van der Waals surface area contributed by atoms with Crippen LogP contribution in [0.5, 0.6) is 0 Å². The van der Waals surface area contributed by atoms with Gasteiger partial charge in [-0.3, -0.25) is 4.99 Å². The van der Waals surface area contributed by atoms with Crippen LogP contribution in [0.15, 0.2) is 35.3 Å². The minimum absolute atomic E-state index is 0.572.